The van der Waals surface area contributed by atoms with Crippen LogP contribution in [0, 0.1) is 17.7 Å². The summed E-state index contributed by atoms with van der Waals surface area (Å²) in [5.41, 5.74) is 0.622. The highest BCUT2D eigenvalue weighted by molar-refractivity contribution is 6.30. The summed E-state index contributed by atoms with van der Waals surface area (Å²) >= 11 is 5.79. The van der Waals surface area contributed by atoms with Crippen LogP contribution in [0.15, 0.2) is 18.2 Å². The molecule has 1 atom stereocenters. The lowest BCUT2D eigenvalue weighted by molar-refractivity contribution is 0.490. The van der Waals surface area contributed by atoms with Crippen molar-refractivity contribution in [1.29, 1.82) is 0 Å². The first-order valence-electron chi connectivity index (χ1n) is 5.77. The van der Waals surface area contributed by atoms with E-state index in [1.807, 2.05) is 13.8 Å². The Labute approximate surface area is 107 Å². The number of rotatable bonds is 5. The molecule has 0 amide bonds. The standard InChI is InChI=1S/C14H17ClFN/c1-3-5-6-10-13(17-4-2)11-8-7-9-12(15)14(11)16/h7-9,13,17H,4,6,10H2,1-2H3. The van der Waals surface area contributed by atoms with Crippen molar-refractivity contribution in [3.8, 4) is 11.8 Å². The molecule has 0 fully saturated rings. The predicted octanol–water partition coefficient (Wildman–Crippen LogP) is 3.93. The third-order valence-electron chi connectivity index (χ3n) is 2.54. The van der Waals surface area contributed by atoms with Gasteiger partial charge in [-0.15, -0.1) is 11.8 Å². The van der Waals surface area contributed by atoms with E-state index in [0.29, 0.717) is 5.56 Å². The minimum atomic E-state index is -0.329. The van der Waals surface area contributed by atoms with Crippen LogP contribution in [0.25, 0.3) is 0 Å². The van der Waals surface area contributed by atoms with Gasteiger partial charge in [0, 0.05) is 18.0 Å². The van der Waals surface area contributed by atoms with Crippen molar-refractivity contribution in [3.63, 3.8) is 0 Å². The van der Waals surface area contributed by atoms with Crippen LogP contribution in [-0.4, -0.2) is 6.54 Å². The molecule has 0 radical (unpaired) electrons. The van der Waals surface area contributed by atoms with Crippen LogP contribution < -0.4 is 5.32 Å². The summed E-state index contributed by atoms with van der Waals surface area (Å²) in [4.78, 5) is 0. The van der Waals surface area contributed by atoms with Crippen LogP contribution in [0.5, 0.6) is 0 Å². The zero-order valence-corrected chi connectivity index (χ0v) is 10.9. The quantitative estimate of drug-likeness (QED) is 0.784. The van der Waals surface area contributed by atoms with Gasteiger partial charge in [0.2, 0.25) is 0 Å². The summed E-state index contributed by atoms with van der Waals surface area (Å²) in [5, 5.41) is 3.43. The van der Waals surface area contributed by atoms with Gasteiger partial charge in [0.25, 0.3) is 0 Å². The summed E-state index contributed by atoms with van der Waals surface area (Å²) in [6.45, 7) is 4.60. The molecule has 1 rings (SSSR count). The molecule has 17 heavy (non-hydrogen) atoms. The van der Waals surface area contributed by atoms with Crippen LogP contribution in [0.4, 0.5) is 4.39 Å². The summed E-state index contributed by atoms with van der Waals surface area (Å²) in [6.07, 6.45) is 1.53. The fraction of sp³-hybridized carbons (Fsp3) is 0.429. The van der Waals surface area contributed by atoms with E-state index in [0.717, 1.165) is 19.4 Å². The molecule has 1 nitrogen and oxygen atoms in total. The predicted molar refractivity (Wildman–Crippen MR) is 70.5 cm³/mol. The van der Waals surface area contributed by atoms with Gasteiger partial charge in [0.1, 0.15) is 5.82 Å². The first-order valence-corrected chi connectivity index (χ1v) is 6.15. The molecule has 1 N–H and O–H groups in total. The zero-order valence-electron chi connectivity index (χ0n) is 10.2. The molecule has 3 heteroatoms. The molecule has 0 aliphatic rings. The van der Waals surface area contributed by atoms with E-state index in [2.05, 4.69) is 17.2 Å². The van der Waals surface area contributed by atoms with Crippen molar-refractivity contribution >= 4 is 11.6 Å². The van der Waals surface area contributed by atoms with Crippen molar-refractivity contribution in [2.45, 2.75) is 32.7 Å². The van der Waals surface area contributed by atoms with Gasteiger partial charge in [0.05, 0.1) is 5.02 Å². The number of halogens is 2. The van der Waals surface area contributed by atoms with Crippen molar-refractivity contribution in [2.24, 2.45) is 0 Å². The molecular formula is C14H17ClFN. The van der Waals surface area contributed by atoms with E-state index >= 15 is 0 Å². The van der Waals surface area contributed by atoms with Gasteiger partial charge in [0.15, 0.2) is 0 Å². The van der Waals surface area contributed by atoms with Gasteiger partial charge >= 0.3 is 0 Å². The van der Waals surface area contributed by atoms with E-state index in [1.165, 1.54) is 0 Å². The molecule has 1 aromatic rings. The van der Waals surface area contributed by atoms with E-state index < -0.39 is 0 Å². The Balaban J connectivity index is 2.87. The van der Waals surface area contributed by atoms with Gasteiger partial charge in [-0.2, -0.15) is 0 Å². The first-order chi connectivity index (χ1) is 8.20. The highest BCUT2D eigenvalue weighted by Crippen LogP contribution is 2.26. The lowest BCUT2D eigenvalue weighted by Crippen LogP contribution is -2.21. The highest BCUT2D eigenvalue weighted by atomic mass is 35.5. The van der Waals surface area contributed by atoms with Crippen molar-refractivity contribution < 1.29 is 4.39 Å². The van der Waals surface area contributed by atoms with Gasteiger partial charge in [-0.1, -0.05) is 30.7 Å². The van der Waals surface area contributed by atoms with Gasteiger partial charge in [-0.3, -0.25) is 0 Å². The highest BCUT2D eigenvalue weighted by Gasteiger charge is 2.15. The van der Waals surface area contributed by atoms with Gasteiger partial charge in [-0.05, 0) is 26.0 Å². The maximum absolute atomic E-state index is 13.9. The molecule has 0 spiro atoms. The summed E-state index contributed by atoms with van der Waals surface area (Å²) in [7, 11) is 0. The van der Waals surface area contributed by atoms with E-state index in [4.69, 9.17) is 11.6 Å². The average molecular weight is 254 g/mol. The SMILES string of the molecule is CC#CCCC(NCC)c1cccc(Cl)c1F. The average Bonchev–Trinajstić information content (AvgIpc) is 2.32. The Hall–Kier alpha value is -1.04. The van der Waals surface area contributed by atoms with Crippen LogP contribution in [0.1, 0.15) is 38.3 Å². The normalized spacial score (nSPS) is 11.8. The van der Waals surface area contributed by atoms with Crippen molar-refractivity contribution in [1.82, 2.24) is 5.32 Å². The van der Waals surface area contributed by atoms with Crippen LogP contribution in [0.3, 0.4) is 0 Å². The number of hydrogen-bond acceptors (Lipinski definition) is 1. The number of nitrogens with one attached hydrogen (secondary N) is 1. The van der Waals surface area contributed by atoms with Crippen molar-refractivity contribution in [3.05, 3.63) is 34.6 Å². The molecule has 0 aromatic heterocycles. The third kappa shape index (κ3) is 4.03. The molecule has 92 valence electrons. The minimum absolute atomic E-state index is 0.0282. The van der Waals surface area contributed by atoms with Gasteiger partial charge in [-0.25, -0.2) is 4.39 Å². The Morgan fingerprint density at radius 1 is 1.47 bits per heavy atom. The maximum atomic E-state index is 13.9. The van der Waals surface area contributed by atoms with E-state index in [9.17, 15) is 4.39 Å². The second-order valence-electron chi connectivity index (χ2n) is 3.72. The monoisotopic (exact) mass is 253 g/mol. The molecule has 0 saturated carbocycles. The smallest absolute Gasteiger partial charge is 0.146 e. The first kappa shape index (κ1) is 14.0. The molecule has 0 saturated heterocycles. The summed E-state index contributed by atoms with van der Waals surface area (Å²) in [6, 6.07) is 5.08. The molecule has 1 unspecified atom stereocenters. The summed E-state index contributed by atoms with van der Waals surface area (Å²) < 4.78 is 13.9. The Bertz CT molecular complexity index is 420. The second kappa shape index (κ2) is 7.32. The van der Waals surface area contributed by atoms with Crippen molar-refractivity contribution in [2.75, 3.05) is 6.54 Å². The third-order valence-corrected chi connectivity index (χ3v) is 2.83. The fourth-order valence-electron chi connectivity index (χ4n) is 1.75. The minimum Gasteiger partial charge on any atom is -0.310 e. The topological polar surface area (TPSA) is 12.0 Å². The Morgan fingerprint density at radius 2 is 2.24 bits per heavy atom. The molecule has 0 aliphatic carbocycles. The molecular weight excluding hydrogens is 237 g/mol. The van der Waals surface area contributed by atoms with E-state index in [-0.39, 0.29) is 16.9 Å². The van der Waals surface area contributed by atoms with E-state index in [1.54, 1.807) is 18.2 Å². The number of benzene rings is 1. The fourth-order valence-corrected chi connectivity index (χ4v) is 1.93. The second-order valence-corrected chi connectivity index (χ2v) is 4.13. The summed E-state index contributed by atoms with van der Waals surface area (Å²) in [5.74, 6) is 5.51. The molecule has 0 bridgehead atoms. The van der Waals surface area contributed by atoms with Crippen LogP contribution >= 0.6 is 11.6 Å². The van der Waals surface area contributed by atoms with Crippen LogP contribution in [-0.2, 0) is 0 Å². The number of hydrogen-bond donors (Lipinski definition) is 1. The maximum Gasteiger partial charge on any atom is 0.146 e. The van der Waals surface area contributed by atoms with Gasteiger partial charge < -0.3 is 5.32 Å². The Kier molecular flexibility index (Phi) is 6.04. The Morgan fingerprint density at radius 3 is 2.88 bits per heavy atom. The van der Waals surface area contributed by atoms with Crippen LogP contribution in [0.2, 0.25) is 5.02 Å². The molecule has 0 aliphatic heterocycles. The largest absolute Gasteiger partial charge is 0.310 e. The lowest BCUT2D eigenvalue weighted by atomic mass is 10.0. The zero-order chi connectivity index (χ0) is 12.7. The molecule has 1 aromatic carbocycles. The molecule has 0 heterocycles. The lowest BCUT2D eigenvalue weighted by Gasteiger charge is -2.18.